The van der Waals surface area contributed by atoms with Gasteiger partial charge >= 0.3 is 0 Å². The summed E-state index contributed by atoms with van der Waals surface area (Å²) in [5.41, 5.74) is 0. The van der Waals surface area contributed by atoms with Crippen LogP contribution >= 0.6 is 0 Å². The summed E-state index contributed by atoms with van der Waals surface area (Å²) in [6.07, 6.45) is 6.21. The monoisotopic (exact) mass is 209 g/mol. The summed E-state index contributed by atoms with van der Waals surface area (Å²) in [6, 6.07) is 0. The van der Waals surface area contributed by atoms with Gasteiger partial charge in [-0.1, -0.05) is 0 Å². The molecule has 1 fully saturated rings. The third kappa shape index (κ3) is 2.96. The predicted molar refractivity (Wildman–Crippen MR) is 59.1 cm³/mol. The van der Waals surface area contributed by atoms with Crippen molar-refractivity contribution < 1.29 is 4.79 Å². The van der Waals surface area contributed by atoms with E-state index in [2.05, 4.69) is 22.0 Å². The molecule has 0 saturated carbocycles. The van der Waals surface area contributed by atoms with E-state index in [-0.39, 0.29) is 11.8 Å². The summed E-state index contributed by atoms with van der Waals surface area (Å²) in [5.74, 6) is 1.28. The van der Waals surface area contributed by atoms with E-state index in [1.807, 2.05) is 0 Å². The van der Waals surface area contributed by atoms with Crippen LogP contribution < -0.4 is 16.0 Å². The number of amides is 1. The molecule has 84 valence electrons. The van der Waals surface area contributed by atoms with E-state index >= 15 is 0 Å². The molecule has 0 radical (unpaired) electrons. The van der Waals surface area contributed by atoms with Gasteiger partial charge in [0.05, 0.1) is 0 Å². The molecule has 0 aromatic carbocycles. The molecule has 0 spiro atoms. The van der Waals surface area contributed by atoms with Gasteiger partial charge in [0.15, 0.2) is 0 Å². The minimum Gasteiger partial charge on any atom is -0.372 e. The largest absolute Gasteiger partial charge is 0.372 e. The molecule has 4 nitrogen and oxygen atoms in total. The number of rotatable bonds is 2. The van der Waals surface area contributed by atoms with Gasteiger partial charge < -0.3 is 16.0 Å². The van der Waals surface area contributed by atoms with Crippen LogP contribution in [0.2, 0.25) is 0 Å². The number of hydrogen-bond donors (Lipinski definition) is 3. The van der Waals surface area contributed by atoms with Crippen molar-refractivity contribution in [1.82, 2.24) is 16.0 Å². The molecule has 2 heterocycles. The second-order valence-electron chi connectivity index (χ2n) is 4.20. The number of carbonyl (C=O) groups is 1. The normalized spacial score (nSPS) is 22.8. The van der Waals surface area contributed by atoms with Crippen LogP contribution in [0, 0.1) is 5.92 Å². The quantitative estimate of drug-likeness (QED) is 0.614. The zero-order valence-electron chi connectivity index (χ0n) is 9.01. The van der Waals surface area contributed by atoms with E-state index in [4.69, 9.17) is 0 Å². The van der Waals surface area contributed by atoms with Crippen molar-refractivity contribution in [2.45, 2.75) is 25.7 Å². The summed E-state index contributed by atoms with van der Waals surface area (Å²) < 4.78 is 0. The number of nitrogens with one attached hydrogen (secondary N) is 3. The van der Waals surface area contributed by atoms with Crippen molar-refractivity contribution in [3.63, 3.8) is 0 Å². The fourth-order valence-corrected chi connectivity index (χ4v) is 2.06. The van der Waals surface area contributed by atoms with Crippen LogP contribution in [0.15, 0.2) is 11.9 Å². The van der Waals surface area contributed by atoms with Gasteiger partial charge in [-0.25, -0.2) is 0 Å². The van der Waals surface area contributed by atoms with Gasteiger partial charge in [0.25, 0.3) is 0 Å². The van der Waals surface area contributed by atoms with Gasteiger partial charge in [0.1, 0.15) is 5.82 Å². The molecule has 3 N–H and O–H groups in total. The number of piperidine rings is 1. The molecule has 0 bridgehead atoms. The van der Waals surface area contributed by atoms with E-state index in [1.54, 1.807) is 0 Å². The Morgan fingerprint density at radius 1 is 1.33 bits per heavy atom. The fourth-order valence-electron chi connectivity index (χ4n) is 2.06. The molecule has 0 aromatic rings. The first-order valence-electron chi connectivity index (χ1n) is 5.82. The van der Waals surface area contributed by atoms with Crippen LogP contribution in [0.4, 0.5) is 0 Å². The van der Waals surface area contributed by atoms with Crippen molar-refractivity contribution in [2.75, 3.05) is 19.6 Å². The maximum Gasteiger partial charge on any atom is 0.228 e. The molecule has 0 atom stereocenters. The standard InChI is InChI=1S/C11H19N3O/c15-11(9-4-7-12-8-5-9)14-10-3-1-2-6-13-10/h3,9,12-13H,1-2,4-8H2,(H,14,15). The third-order valence-electron chi connectivity index (χ3n) is 3.01. The molecule has 1 amide bonds. The van der Waals surface area contributed by atoms with E-state index in [1.165, 1.54) is 0 Å². The number of allylic oxidation sites excluding steroid dienone is 1. The second-order valence-corrected chi connectivity index (χ2v) is 4.20. The molecule has 0 aromatic heterocycles. The molecular formula is C11H19N3O. The van der Waals surface area contributed by atoms with Crippen molar-refractivity contribution >= 4 is 5.91 Å². The van der Waals surface area contributed by atoms with E-state index in [9.17, 15) is 4.79 Å². The summed E-state index contributed by atoms with van der Waals surface area (Å²) in [5, 5.41) is 9.44. The van der Waals surface area contributed by atoms with Crippen molar-refractivity contribution in [3.05, 3.63) is 11.9 Å². The minimum atomic E-state index is 0.178. The zero-order valence-corrected chi connectivity index (χ0v) is 9.01. The van der Waals surface area contributed by atoms with E-state index in [0.29, 0.717) is 0 Å². The Bertz CT molecular complexity index is 257. The average Bonchev–Trinajstić information content (AvgIpc) is 2.31. The van der Waals surface area contributed by atoms with Gasteiger partial charge in [0.2, 0.25) is 5.91 Å². The first-order chi connectivity index (χ1) is 7.36. The van der Waals surface area contributed by atoms with Crippen molar-refractivity contribution in [1.29, 1.82) is 0 Å². The van der Waals surface area contributed by atoms with Crippen LogP contribution in [0.1, 0.15) is 25.7 Å². The van der Waals surface area contributed by atoms with Crippen LogP contribution in [0.5, 0.6) is 0 Å². The smallest absolute Gasteiger partial charge is 0.228 e. The van der Waals surface area contributed by atoms with Gasteiger partial charge in [-0.05, 0) is 44.8 Å². The topological polar surface area (TPSA) is 53.2 Å². The lowest BCUT2D eigenvalue weighted by Crippen LogP contribution is -2.41. The summed E-state index contributed by atoms with van der Waals surface area (Å²) in [4.78, 5) is 11.8. The fraction of sp³-hybridized carbons (Fsp3) is 0.727. The van der Waals surface area contributed by atoms with Gasteiger partial charge in [-0.3, -0.25) is 4.79 Å². The highest BCUT2D eigenvalue weighted by Crippen LogP contribution is 2.12. The maximum atomic E-state index is 11.8. The van der Waals surface area contributed by atoms with Crippen LogP contribution in [-0.4, -0.2) is 25.5 Å². The van der Waals surface area contributed by atoms with Crippen LogP contribution in [-0.2, 0) is 4.79 Å². The molecule has 0 aliphatic carbocycles. The molecule has 2 aliphatic rings. The third-order valence-corrected chi connectivity index (χ3v) is 3.01. The lowest BCUT2D eigenvalue weighted by Gasteiger charge is -2.23. The average molecular weight is 209 g/mol. The summed E-state index contributed by atoms with van der Waals surface area (Å²) >= 11 is 0. The number of carbonyl (C=O) groups excluding carboxylic acids is 1. The van der Waals surface area contributed by atoms with Crippen LogP contribution in [0.3, 0.4) is 0 Å². The Morgan fingerprint density at radius 3 is 2.80 bits per heavy atom. The Hall–Kier alpha value is -1.03. The maximum absolute atomic E-state index is 11.8. The molecule has 2 rings (SSSR count). The Kier molecular flexibility index (Phi) is 3.61. The van der Waals surface area contributed by atoms with Crippen molar-refractivity contribution in [3.8, 4) is 0 Å². The molecular weight excluding hydrogens is 190 g/mol. The summed E-state index contributed by atoms with van der Waals surface area (Å²) in [6.45, 7) is 2.90. The van der Waals surface area contributed by atoms with Crippen molar-refractivity contribution in [2.24, 2.45) is 5.92 Å². The highest BCUT2D eigenvalue weighted by molar-refractivity contribution is 5.80. The SMILES string of the molecule is O=C(NC1=CCCCN1)C1CCNCC1. The predicted octanol–water partition coefficient (Wildman–Crippen LogP) is 0.327. The van der Waals surface area contributed by atoms with Crippen LogP contribution in [0.25, 0.3) is 0 Å². The van der Waals surface area contributed by atoms with E-state index < -0.39 is 0 Å². The Morgan fingerprint density at radius 2 is 2.13 bits per heavy atom. The summed E-state index contributed by atoms with van der Waals surface area (Å²) in [7, 11) is 0. The van der Waals surface area contributed by atoms with E-state index in [0.717, 1.165) is 51.1 Å². The van der Waals surface area contributed by atoms with Gasteiger partial charge in [-0.15, -0.1) is 0 Å². The zero-order chi connectivity index (χ0) is 10.5. The molecule has 2 aliphatic heterocycles. The molecule has 4 heteroatoms. The second kappa shape index (κ2) is 5.16. The Balaban J connectivity index is 1.82. The molecule has 15 heavy (non-hydrogen) atoms. The van der Waals surface area contributed by atoms with Gasteiger partial charge in [-0.2, -0.15) is 0 Å². The molecule has 0 unspecified atom stereocenters. The minimum absolute atomic E-state index is 0.178. The number of hydrogen-bond acceptors (Lipinski definition) is 3. The van der Waals surface area contributed by atoms with Gasteiger partial charge in [0, 0.05) is 12.5 Å². The highest BCUT2D eigenvalue weighted by atomic mass is 16.2. The Labute approximate surface area is 90.5 Å². The lowest BCUT2D eigenvalue weighted by atomic mass is 9.97. The molecule has 1 saturated heterocycles. The highest BCUT2D eigenvalue weighted by Gasteiger charge is 2.21. The first kappa shape index (κ1) is 10.5. The first-order valence-corrected chi connectivity index (χ1v) is 5.82. The lowest BCUT2D eigenvalue weighted by molar-refractivity contribution is -0.125.